The number of aliphatic carboxylic acids is 1. The summed E-state index contributed by atoms with van der Waals surface area (Å²) >= 11 is 1.45. The van der Waals surface area contributed by atoms with E-state index in [2.05, 4.69) is 4.98 Å². The Labute approximate surface area is 154 Å². The van der Waals surface area contributed by atoms with Gasteiger partial charge in [-0.2, -0.15) is 0 Å². The molecule has 3 aromatic rings. The third-order valence-corrected chi connectivity index (χ3v) is 5.37. The van der Waals surface area contributed by atoms with Crippen molar-refractivity contribution in [3.05, 3.63) is 45.8 Å². The molecular formula is C19H20N2O4S. The number of methoxy groups -OCH3 is 1. The van der Waals surface area contributed by atoms with Crippen molar-refractivity contribution in [2.24, 2.45) is 5.41 Å². The number of aryl methyl sites for hydroxylation is 1. The summed E-state index contributed by atoms with van der Waals surface area (Å²) in [5.41, 5.74) is 0.401. The van der Waals surface area contributed by atoms with Crippen LogP contribution in [0.4, 0.5) is 0 Å². The highest BCUT2D eigenvalue weighted by molar-refractivity contribution is 7.19. The van der Waals surface area contributed by atoms with Crippen molar-refractivity contribution >= 4 is 27.5 Å². The molecule has 0 radical (unpaired) electrons. The Morgan fingerprint density at radius 2 is 2.12 bits per heavy atom. The van der Waals surface area contributed by atoms with E-state index in [1.54, 1.807) is 21.0 Å². The van der Waals surface area contributed by atoms with E-state index >= 15 is 0 Å². The molecule has 0 bridgehead atoms. The van der Waals surface area contributed by atoms with E-state index in [1.165, 1.54) is 22.2 Å². The Morgan fingerprint density at radius 3 is 2.77 bits per heavy atom. The second-order valence-corrected chi connectivity index (χ2v) is 8.02. The number of thiophene rings is 1. The van der Waals surface area contributed by atoms with Crippen LogP contribution in [0, 0.1) is 12.3 Å². The number of hydrogen-bond donors (Lipinski definition) is 1. The fourth-order valence-electron chi connectivity index (χ4n) is 2.87. The minimum Gasteiger partial charge on any atom is -0.497 e. The molecule has 3 rings (SSSR count). The van der Waals surface area contributed by atoms with Gasteiger partial charge in [-0.15, -0.1) is 11.3 Å². The van der Waals surface area contributed by atoms with E-state index in [-0.39, 0.29) is 12.1 Å². The number of carboxylic acid groups (broad SMARTS) is 1. The van der Waals surface area contributed by atoms with Crippen LogP contribution in [0.3, 0.4) is 0 Å². The van der Waals surface area contributed by atoms with Crippen LogP contribution in [0.5, 0.6) is 5.75 Å². The summed E-state index contributed by atoms with van der Waals surface area (Å²) in [4.78, 5) is 30.5. The average molecular weight is 372 g/mol. The molecule has 0 saturated carbocycles. The van der Waals surface area contributed by atoms with Crippen LogP contribution in [0.15, 0.2) is 35.4 Å². The molecule has 0 amide bonds. The van der Waals surface area contributed by atoms with E-state index < -0.39 is 11.4 Å². The number of nitrogens with zero attached hydrogens (tertiary/aromatic N) is 2. The molecule has 7 heteroatoms. The number of rotatable bonds is 5. The van der Waals surface area contributed by atoms with Crippen molar-refractivity contribution in [3.8, 4) is 16.9 Å². The number of ether oxygens (including phenoxy) is 1. The van der Waals surface area contributed by atoms with Gasteiger partial charge in [0.05, 0.1) is 24.2 Å². The third-order valence-electron chi connectivity index (χ3n) is 4.36. The summed E-state index contributed by atoms with van der Waals surface area (Å²) in [6.45, 7) is 5.18. The predicted molar refractivity (Wildman–Crippen MR) is 102 cm³/mol. The number of benzene rings is 1. The lowest BCUT2D eigenvalue weighted by Gasteiger charge is -2.20. The molecule has 0 aliphatic rings. The standard InChI is InChI=1S/C19H20N2O4S/c1-11-14(12-6-5-7-13(8-12)25-4)15-16(26-11)20-10-21(17(15)22)9-19(2,3)18(23)24/h5-8,10H,9H2,1-4H3,(H,23,24). The van der Waals surface area contributed by atoms with E-state index in [1.807, 2.05) is 31.2 Å². The molecule has 6 nitrogen and oxygen atoms in total. The van der Waals surface area contributed by atoms with E-state index in [4.69, 9.17) is 4.74 Å². The molecule has 1 N–H and O–H groups in total. The van der Waals surface area contributed by atoms with Crippen molar-refractivity contribution in [1.29, 1.82) is 0 Å². The van der Waals surface area contributed by atoms with Crippen LogP contribution in [0.1, 0.15) is 18.7 Å². The van der Waals surface area contributed by atoms with Gasteiger partial charge in [0.25, 0.3) is 5.56 Å². The SMILES string of the molecule is COc1cccc(-c2c(C)sc3ncn(CC(C)(C)C(=O)O)c(=O)c23)c1. The fraction of sp³-hybridized carbons (Fsp3) is 0.316. The minimum atomic E-state index is -1.07. The lowest BCUT2D eigenvalue weighted by molar-refractivity contribution is -0.147. The molecule has 2 heterocycles. The van der Waals surface area contributed by atoms with E-state index in [9.17, 15) is 14.7 Å². The first-order chi connectivity index (χ1) is 12.2. The van der Waals surface area contributed by atoms with Crippen molar-refractivity contribution in [2.75, 3.05) is 7.11 Å². The zero-order valence-corrected chi connectivity index (χ0v) is 15.9. The topological polar surface area (TPSA) is 81.4 Å². The number of carbonyl (C=O) groups is 1. The average Bonchev–Trinajstić information content (AvgIpc) is 2.94. The van der Waals surface area contributed by atoms with Gasteiger partial charge in [0.15, 0.2) is 0 Å². The van der Waals surface area contributed by atoms with Crippen molar-refractivity contribution in [3.63, 3.8) is 0 Å². The van der Waals surface area contributed by atoms with Gasteiger partial charge in [-0.25, -0.2) is 4.98 Å². The molecule has 0 aliphatic carbocycles. The molecule has 0 fully saturated rings. The second-order valence-electron chi connectivity index (χ2n) is 6.81. The summed E-state index contributed by atoms with van der Waals surface area (Å²) in [5.74, 6) is -0.253. The molecular weight excluding hydrogens is 352 g/mol. The number of fused-ring (bicyclic) bond motifs is 1. The monoisotopic (exact) mass is 372 g/mol. The van der Waals surface area contributed by atoms with Crippen LogP contribution in [0.2, 0.25) is 0 Å². The number of hydrogen-bond acceptors (Lipinski definition) is 5. The summed E-state index contributed by atoms with van der Waals surface area (Å²) in [6, 6.07) is 7.53. The first-order valence-corrected chi connectivity index (χ1v) is 8.92. The fourth-order valence-corrected chi connectivity index (χ4v) is 3.87. The smallest absolute Gasteiger partial charge is 0.310 e. The van der Waals surface area contributed by atoms with Gasteiger partial charge in [0, 0.05) is 17.0 Å². The first kappa shape index (κ1) is 18.1. The molecule has 0 saturated heterocycles. The molecule has 0 unspecified atom stereocenters. The zero-order valence-electron chi connectivity index (χ0n) is 15.1. The quantitative estimate of drug-likeness (QED) is 0.741. The highest BCUT2D eigenvalue weighted by Crippen LogP contribution is 2.36. The third kappa shape index (κ3) is 3.10. The second kappa shape index (κ2) is 6.57. The Kier molecular flexibility index (Phi) is 4.58. The molecule has 1 aromatic carbocycles. The Morgan fingerprint density at radius 1 is 1.38 bits per heavy atom. The van der Waals surface area contributed by atoms with Crippen LogP contribution in [-0.4, -0.2) is 27.7 Å². The Bertz CT molecular complexity index is 1050. The maximum atomic E-state index is 13.1. The summed E-state index contributed by atoms with van der Waals surface area (Å²) in [5, 5.41) is 9.87. The van der Waals surface area contributed by atoms with Crippen molar-refractivity contribution in [1.82, 2.24) is 9.55 Å². The molecule has 0 spiro atoms. The van der Waals surface area contributed by atoms with Gasteiger partial charge in [-0.3, -0.25) is 14.2 Å². The van der Waals surface area contributed by atoms with E-state index in [0.717, 1.165) is 16.0 Å². The Balaban J connectivity index is 2.22. The maximum Gasteiger partial charge on any atom is 0.310 e. The highest BCUT2D eigenvalue weighted by Gasteiger charge is 2.29. The van der Waals surface area contributed by atoms with Gasteiger partial charge >= 0.3 is 5.97 Å². The van der Waals surface area contributed by atoms with Crippen molar-refractivity contribution in [2.45, 2.75) is 27.3 Å². The molecule has 26 heavy (non-hydrogen) atoms. The number of carboxylic acids is 1. The van der Waals surface area contributed by atoms with Gasteiger partial charge in [0.2, 0.25) is 0 Å². The predicted octanol–water partition coefficient (Wildman–Crippen LogP) is 3.55. The maximum absolute atomic E-state index is 13.1. The van der Waals surface area contributed by atoms with Gasteiger partial charge in [-0.05, 0) is 38.5 Å². The first-order valence-electron chi connectivity index (χ1n) is 8.11. The van der Waals surface area contributed by atoms with Crippen LogP contribution < -0.4 is 10.3 Å². The van der Waals surface area contributed by atoms with Crippen molar-refractivity contribution < 1.29 is 14.6 Å². The summed E-state index contributed by atoms with van der Waals surface area (Å²) in [7, 11) is 1.60. The molecule has 0 aliphatic heterocycles. The van der Waals surface area contributed by atoms with Gasteiger partial charge < -0.3 is 9.84 Å². The largest absolute Gasteiger partial charge is 0.497 e. The number of aromatic nitrogens is 2. The van der Waals surface area contributed by atoms with E-state index in [0.29, 0.717) is 16.0 Å². The van der Waals surface area contributed by atoms with Crippen LogP contribution >= 0.6 is 11.3 Å². The zero-order chi connectivity index (χ0) is 19.1. The minimum absolute atomic E-state index is 0.0521. The lowest BCUT2D eigenvalue weighted by atomic mass is 9.94. The Hall–Kier alpha value is -2.67. The molecule has 136 valence electrons. The lowest BCUT2D eigenvalue weighted by Crippen LogP contribution is -2.34. The van der Waals surface area contributed by atoms with Gasteiger partial charge in [-0.1, -0.05) is 12.1 Å². The van der Waals surface area contributed by atoms with Gasteiger partial charge in [0.1, 0.15) is 10.6 Å². The highest BCUT2D eigenvalue weighted by atomic mass is 32.1. The molecule has 0 atom stereocenters. The molecule has 2 aromatic heterocycles. The van der Waals surface area contributed by atoms with Crippen LogP contribution in [-0.2, 0) is 11.3 Å². The summed E-state index contributed by atoms with van der Waals surface area (Å²) in [6.07, 6.45) is 1.43. The normalized spacial score (nSPS) is 11.7. The summed E-state index contributed by atoms with van der Waals surface area (Å²) < 4.78 is 6.67. The van der Waals surface area contributed by atoms with Crippen LogP contribution in [0.25, 0.3) is 21.3 Å².